The van der Waals surface area contributed by atoms with Crippen LogP contribution in [-0.2, 0) is 0 Å². The number of nitrogens with one attached hydrogen (secondary N) is 1. The Morgan fingerprint density at radius 2 is 2.09 bits per heavy atom. The first kappa shape index (κ1) is 5.93. The summed E-state index contributed by atoms with van der Waals surface area (Å²) in [6.45, 7) is 0. The Morgan fingerprint density at radius 3 is 2.91 bits per heavy atom. The van der Waals surface area contributed by atoms with Gasteiger partial charge in [-0.15, -0.1) is 0 Å². The molecule has 1 heterocycles. The molecule has 0 bridgehead atoms. The first-order valence-electron chi connectivity index (χ1n) is 3.33. The molecule has 3 heteroatoms. The molecule has 1 aromatic heterocycles. The zero-order valence-corrected chi connectivity index (χ0v) is 5.78. The third-order valence-electron chi connectivity index (χ3n) is 1.68. The molecule has 1 N–H and O–H groups in total. The fourth-order valence-electron chi connectivity index (χ4n) is 1.14. The monoisotopic (exact) mass is 144 g/mol. The molecule has 2 rings (SSSR count). The minimum absolute atomic E-state index is 0.584. The van der Waals surface area contributed by atoms with E-state index in [0.717, 1.165) is 10.9 Å². The number of hydrogen-bond acceptors (Lipinski definition) is 1. The van der Waals surface area contributed by atoms with Crippen LogP contribution >= 0.6 is 0 Å². The van der Waals surface area contributed by atoms with Gasteiger partial charge in [-0.05, 0) is 12.1 Å². The topological polar surface area (TPSA) is 43.9 Å². The van der Waals surface area contributed by atoms with E-state index >= 15 is 0 Å². The van der Waals surface area contributed by atoms with Gasteiger partial charge in [-0.3, -0.25) is 0 Å². The number of rotatable bonds is 0. The number of para-hydroxylation sites is 1. The standard InChI is InChI=1S/C8H6N3/c9-11-8-5-10-7-4-2-1-3-6(7)8/h1-5,10H/q+1. The van der Waals surface area contributed by atoms with Crippen molar-refractivity contribution in [2.24, 2.45) is 0 Å². The Balaban J connectivity index is 2.89. The number of aromatic amines is 1. The van der Waals surface area contributed by atoms with Crippen LogP contribution in [0.3, 0.4) is 0 Å². The summed E-state index contributed by atoms with van der Waals surface area (Å²) in [6.07, 6.45) is 1.67. The van der Waals surface area contributed by atoms with Gasteiger partial charge < -0.3 is 4.98 Å². The molecule has 2 aromatic rings. The zero-order chi connectivity index (χ0) is 7.68. The maximum atomic E-state index is 8.53. The fourth-order valence-corrected chi connectivity index (χ4v) is 1.14. The summed E-state index contributed by atoms with van der Waals surface area (Å²) in [5, 5.41) is 9.47. The van der Waals surface area contributed by atoms with Crippen molar-refractivity contribution in [2.75, 3.05) is 0 Å². The number of fused-ring (bicyclic) bond motifs is 1. The average molecular weight is 144 g/mol. The van der Waals surface area contributed by atoms with E-state index < -0.39 is 0 Å². The summed E-state index contributed by atoms with van der Waals surface area (Å²) in [7, 11) is 0. The first-order valence-corrected chi connectivity index (χ1v) is 3.33. The van der Waals surface area contributed by atoms with Crippen molar-refractivity contribution >= 4 is 16.6 Å². The van der Waals surface area contributed by atoms with E-state index in [1.165, 1.54) is 0 Å². The minimum atomic E-state index is 0.584. The molecule has 3 nitrogen and oxygen atoms in total. The van der Waals surface area contributed by atoms with Crippen molar-refractivity contribution in [2.45, 2.75) is 0 Å². The first-order chi connectivity index (χ1) is 5.42. The lowest BCUT2D eigenvalue weighted by molar-refractivity contribution is 1.44. The van der Waals surface area contributed by atoms with E-state index in [2.05, 4.69) is 9.96 Å². The van der Waals surface area contributed by atoms with Gasteiger partial charge in [0.2, 0.25) is 5.39 Å². The van der Waals surface area contributed by atoms with Gasteiger partial charge in [0.15, 0.2) is 4.98 Å². The van der Waals surface area contributed by atoms with Crippen LogP contribution in [-0.4, -0.2) is 4.98 Å². The van der Waals surface area contributed by atoms with E-state index in [1.54, 1.807) is 6.20 Å². The van der Waals surface area contributed by atoms with Crippen LogP contribution in [0, 0.1) is 5.39 Å². The smallest absolute Gasteiger partial charge is 0.354 e. The molecule has 1 aromatic carbocycles. The normalized spacial score (nSPS) is 9.73. The van der Waals surface area contributed by atoms with Gasteiger partial charge in [0.1, 0.15) is 0 Å². The molecule has 0 spiro atoms. The summed E-state index contributed by atoms with van der Waals surface area (Å²) in [5.74, 6) is 0. The Kier molecular flexibility index (Phi) is 1.13. The van der Waals surface area contributed by atoms with Crippen molar-refractivity contribution in [3.8, 4) is 0 Å². The number of diazo groups is 1. The van der Waals surface area contributed by atoms with Gasteiger partial charge in [-0.25, -0.2) is 0 Å². The number of aromatic nitrogens is 1. The van der Waals surface area contributed by atoms with E-state index in [1.807, 2.05) is 24.3 Å². The Bertz CT molecular complexity index is 422. The SMILES string of the molecule is N#[N+]c1c[nH]c2ccccc12. The van der Waals surface area contributed by atoms with Gasteiger partial charge >= 0.3 is 5.69 Å². The van der Waals surface area contributed by atoms with Gasteiger partial charge in [0.05, 0.1) is 17.1 Å². The number of H-pyrrole nitrogens is 1. The quantitative estimate of drug-likeness (QED) is 0.567. The van der Waals surface area contributed by atoms with E-state index in [9.17, 15) is 0 Å². The molecular formula is C8H6N3+. The molecule has 0 fully saturated rings. The zero-order valence-electron chi connectivity index (χ0n) is 5.78. The molecule has 0 aliphatic heterocycles. The van der Waals surface area contributed by atoms with Crippen LogP contribution < -0.4 is 0 Å². The summed E-state index contributed by atoms with van der Waals surface area (Å²) in [4.78, 5) is 6.11. The molecule has 11 heavy (non-hydrogen) atoms. The molecule has 0 unspecified atom stereocenters. The van der Waals surface area contributed by atoms with Crippen LogP contribution in [0.25, 0.3) is 15.9 Å². The molecule has 0 saturated carbocycles. The summed E-state index contributed by atoms with van der Waals surface area (Å²) in [5.41, 5.74) is 1.57. The van der Waals surface area contributed by atoms with E-state index in [0.29, 0.717) is 5.69 Å². The molecule has 0 saturated heterocycles. The molecule has 0 amide bonds. The number of benzene rings is 1. The summed E-state index contributed by atoms with van der Waals surface area (Å²) >= 11 is 0. The Labute approximate surface area is 63.3 Å². The largest absolute Gasteiger partial charge is 0.409 e. The average Bonchev–Trinajstić information content (AvgIpc) is 2.47. The van der Waals surface area contributed by atoms with Crippen LogP contribution in [0.2, 0.25) is 0 Å². The van der Waals surface area contributed by atoms with E-state index in [-0.39, 0.29) is 0 Å². The highest BCUT2D eigenvalue weighted by Crippen LogP contribution is 2.24. The third-order valence-corrected chi connectivity index (χ3v) is 1.68. The van der Waals surface area contributed by atoms with Gasteiger partial charge in [-0.1, -0.05) is 12.1 Å². The molecule has 0 aliphatic carbocycles. The van der Waals surface area contributed by atoms with Gasteiger partial charge in [-0.2, -0.15) is 0 Å². The van der Waals surface area contributed by atoms with Crippen molar-refractivity contribution in [1.29, 1.82) is 5.39 Å². The van der Waals surface area contributed by atoms with Crippen LogP contribution in [0.4, 0.5) is 5.69 Å². The van der Waals surface area contributed by atoms with Gasteiger partial charge in [0.25, 0.3) is 0 Å². The molecule has 0 aliphatic rings. The maximum Gasteiger partial charge on any atom is 0.409 e. The Hall–Kier alpha value is -1.82. The Morgan fingerprint density at radius 1 is 1.27 bits per heavy atom. The minimum Gasteiger partial charge on any atom is -0.354 e. The van der Waals surface area contributed by atoms with Crippen molar-refractivity contribution in [3.63, 3.8) is 0 Å². The van der Waals surface area contributed by atoms with Crippen LogP contribution in [0.1, 0.15) is 0 Å². The van der Waals surface area contributed by atoms with E-state index in [4.69, 9.17) is 5.39 Å². The fraction of sp³-hybridized carbons (Fsp3) is 0. The highest BCUT2D eigenvalue weighted by atomic mass is 14.9. The lowest BCUT2D eigenvalue weighted by Crippen LogP contribution is -1.62. The second-order valence-electron chi connectivity index (χ2n) is 2.32. The lowest BCUT2D eigenvalue weighted by atomic mass is 10.2. The molecule has 52 valence electrons. The lowest BCUT2D eigenvalue weighted by Gasteiger charge is -1.81. The second kappa shape index (κ2) is 2.10. The maximum absolute atomic E-state index is 8.53. The van der Waals surface area contributed by atoms with Gasteiger partial charge in [0, 0.05) is 0 Å². The summed E-state index contributed by atoms with van der Waals surface area (Å²) < 4.78 is 0. The molecular weight excluding hydrogens is 138 g/mol. The highest BCUT2D eigenvalue weighted by molar-refractivity contribution is 5.92. The summed E-state index contributed by atoms with van der Waals surface area (Å²) in [6, 6.07) is 7.68. The predicted octanol–water partition coefficient (Wildman–Crippen LogP) is 2.65. The molecule has 0 atom stereocenters. The van der Waals surface area contributed by atoms with Crippen molar-refractivity contribution in [3.05, 3.63) is 35.4 Å². The second-order valence-corrected chi connectivity index (χ2v) is 2.32. The predicted molar refractivity (Wildman–Crippen MR) is 43.0 cm³/mol. The van der Waals surface area contributed by atoms with Crippen LogP contribution in [0.15, 0.2) is 30.5 Å². The number of hydrogen-bond donors (Lipinski definition) is 1. The van der Waals surface area contributed by atoms with Crippen LogP contribution in [0.5, 0.6) is 0 Å². The van der Waals surface area contributed by atoms with Crippen molar-refractivity contribution in [1.82, 2.24) is 4.98 Å². The third kappa shape index (κ3) is 0.767. The molecule has 0 radical (unpaired) electrons. The number of nitrogens with zero attached hydrogens (tertiary/aromatic N) is 2. The van der Waals surface area contributed by atoms with Crippen molar-refractivity contribution < 1.29 is 0 Å². The highest BCUT2D eigenvalue weighted by Gasteiger charge is 2.11.